The van der Waals surface area contributed by atoms with E-state index in [4.69, 9.17) is 9.22 Å². The molecule has 0 aliphatic rings. The highest BCUT2D eigenvalue weighted by molar-refractivity contribution is 5.69. The molecule has 0 fully saturated rings. The fraction of sp³-hybridized carbons (Fsp3) is 0.833. The Morgan fingerprint density at radius 2 is 2.62 bits per heavy atom. The maximum Gasteiger partial charge on any atom is 0.306 e. The lowest BCUT2D eigenvalue weighted by Crippen LogP contribution is -2.08. The van der Waals surface area contributed by atoms with Gasteiger partial charge in [-0.1, -0.05) is 20.2 Å². The third-order valence-electron chi connectivity index (χ3n) is 0.875. The fourth-order valence-electron chi connectivity index (χ4n) is 0.412. The van der Waals surface area contributed by atoms with Crippen LogP contribution in [0.25, 0.3) is 0 Å². The van der Waals surface area contributed by atoms with E-state index in [1.54, 1.807) is 6.92 Å². The van der Waals surface area contributed by atoms with E-state index >= 15 is 0 Å². The lowest BCUT2D eigenvalue weighted by atomic mass is 10.1. The number of aliphatic carboxylic acids is 1. The average molecular weight is 119 g/mol. The average Bonchev–Trinajstić information content (AvgIpc) is 1.79. The number of carboxylic acid groups (broad SMARTS) is 1. The molecule has 0 aliphatic carbocycles. The highest BCUT2D eigenvalue weighted by Gasteiger charge is 2.07. The van der Waals surface area contributed by atoms with Crippen molar-refractivity contribution in [2.75, 3.05) is 0 Å². The molecule has 0 saturated heterocycles. The molecule has 8 heavy (non-hydrogen) atoms. The maximum absolute atomic E-state index is 10.4. The van der Waals surface area contributed by atoms with Gasteiger partial charge in [0, 0.05) is 4.11 Å². The van der Waals surface area contributed by atoms with Crippen LogP contribution in [0.5, 0.6) is 0 Å². The molecule has 0 spiro atoms. The van der Waals surface area contributed by atoms with Crippen molar-refractivity contribution >= 4 is 5.97 Å². The largest absolute Gasteiger partial charge is 0.481 e. The van der Waals surface area contributed by atoms with E-state index < -0.39 is 18.7 Å². The van der Waals surface area contributed by atoms with Gasteiger partial charge in [0.2, 0.25) is 0 Å². The lowest BCUT2D eigenvalue weighted by Gasteiger charge is -2.00. The van der Waals surface area contributed by atoms with Crippen LogP contribution in [0, 0.1) is 5.92 Å². The molecule has 0 radical (unpaired) electrons. The van der Waals surface area contributed by atoms with E-state index in [0.717, 1.165) is 0 Å². The third kappa shape index (κ3) is 2.61. The van der Waals surface area contributed by atoms with Gasteiger partial charge in [0.25, 0.3) is 0 Å². The third-order valence-corrected chi connectivity index (χ3v) is 0.875. The van der Waals surface area contributed by atoms with Gasteiger partial charge in [0.15, 0.2) is 0 Å². The molecule has 2 nitrogen and oxygen atoms in total. The number of hydrogen-bond acceptors (Lipinski definition) is 1. The number of carbonyl (C=O) groups is 1. The van der Waals surface area contributed by atoms with E-state index in [-0.39, 0.29) is 6.42 Å². The van der Waals surface area contributed by atoms with Gasteiger partial charge in [-0.2, -0.15) is 0 Å². The Hall–Kier alpha value is -0.530. The molecule has 1 N–H and O–H groups in total. The maximum atomic E-state index is 10.4. The highest BCUT2D eigenvalue weighted by Crippen LogP contribution is 2.03. The van der Waals surface area contributed by atoms with Crippen LogP contribution in [-0.4, -0.2) is 11.1 Å². The van der Waals surface area contributed by atoms with Gasteiger partial charge in [-0.15, -0.1) is 0 Å². The van der Waals surface area contributed by atoms with E-state index in [2.05, 4.69) is 0 Å². The van der Waals surface area contributed by atoms with Crippen molar-refractivity contribution in [2.45, 2.75) is 26.6 Å². The molecular weight excluding hydrogens is 104 g/mol. The first-order valence-corrected chi connectivity index (χ1v) is 2.62. The summed E-state index contributed by atoms with van der Waals surface area (Å²) in [7, 11) is 0. The van der Waals surface area contributed by atoms with Gasteiger partial charge in [-0.05, 0) is 6.42 Å². The molecule has 0 heterocycles. The Morgan fingerprint density at radius 3 is 2.75 bits per heavy atom. The molecule has 2 heteroatoms. The summed E-state index contributed by atoms with van der Waals surface area (Å²) in [5.74, 6) is -2.43. The van der Waals surface area contributed by atoms with Gasteiger partial charge in [0.05, 0.1) is 5.92 Å². The molecule has 0 saturated carbocycles. The van der Waals surface area contributed by atoms with Crippen LogP contribution in [-0.2, 0) is 4.79 Å². The molecule has 0 aliphatic heterocycles. The van der Waals surface area contributed by atoms with Gasteiger partial charge >= 0.3 is 5.97 Å². The molecule has 1 atom stereocenters. The SMILES string of the molecule is [2H]C([2H])([2H])[C@@H](CCC)C(=O)O. The summed E-state index contributed by atoms with van der Waals surface area (Å²) in [5, 5.41) is 8.48. The minimum absolute atomic E-state index is 0.214. The summed E-state index contributed by atoms with van der Waals surface area (Å²) in [5.41, 5.74) is 0. The second-order valence-electron chi connectivity index (χ2n) is 1.68. The quantitative estimate of drug-likeness (QED) is 0.611. The zero-order valence-electron chi connectivity index (χ0n) is 7.85. The number of rotatable bonds is 3. The Labute approximate surface area is 53.7 Å². The normalized spacial score (nSPS) is 20.4. The minimum atomic E-state index is -2.36. The topological polar surface area (TPSA) is 37.3 Å². The van der Waals surface area contributed by atoms with Gasteiger partial charge in [-0.3, -0.25) is 4.79 Å². The van der Waals surface area contributed by atoms with Gasteiger partial charge in [-0.25, -0.2) is 0 Å². The first kappa shape index (κ1) is 3.49. The van der Waals surface area contributed by atoms with Crippen molar-refractivity contribution < 1.29 is 14.0 Å². The number of hydrogen-bond donors (Lipinski definition) is 1. The molecule has 48 valence electrons. The second kappa shape index (κ2) is 3.47. The predicted octanol–water partition coefficient (Wildman–Crippen LogP) is 1.51. The summed E-state index contributed by atoms with van der Waals surface area (Å²) in [6.07, 6.45) is 0.793. The second-order valence-corrected chi connectivity index (χ2v) is 1.68. The van der Waals surface area contributed by atoms with Gasteiger partial charge < -0.3 is 5.11 Å². The van der Waals surface area contributed by atoms with Crippen LogP contribution < -0.4 is 0 Å². The summed E-state index contributed by atoms with van der Waals surface area (Å²) in [6.45, 7) is -0.594. The van der Waals surface area contributed by atoms with Crippen LogP contribution in [0.15, 0.2) is 0 Å². The van der Waals surface area contributed by atoms with Crippen molar-refractivity contribution in [3.05, 3.63) is 0 Å². The highest BCUT2D eigenvalue weighted by atomic mass is 16.4. The van der Waals surface area contributed by atoms with Crippen molar-refractivity contribution in [1.82, 2.24) is 0 Å². The molecule has 0 aromatic carbocycles. The summed E-state index contributed by atoms with van der Waals surface area (Å²) in [6, 6.07) is 0. The molecule has 0 bridgehead atoms. The van der Waals surface area contributed by atoms with E-state index in [1.807, 2.05) is 0 Å². The van der Waals surface area contributed by atoms with Crippen LogP contribution in [0.3, 0.4) is 0 Å². The minimum Gasteiger partial charge on any atom is -0.481 e. The monoisotopic (exact) mass is 119 g/mol. The molecular formula is C6H12O2. The Bertz CT molecular complexity index is 141. The van der Waals surface area contributed by atoms with Crippen LogP contribution in [0.2, 0.25) is 0 Å². The molecule has 0 rings (SSSR count). The Balaban J connectivity index is 4.22. The summed E-state index contributed by atoms with van der Waals surface area (Å²) in [4.78, 5) is 10.4. The molecule has 0 unspecified atom stereocenters. The van der Waals surface area contributed by atoms with Gasteiger partial charge in [0.1, 0.15) is 0 Å². The first-order valence-electron chi connectivity index (χ1n) is 4.12. The molecule has 0 aromatic heterocycles. The Kier molecular flexibility index (Phi) is 1.51. The zero-order chi connectivity index (χ0) is 9.07. The summed E-state index contributed by atoms with van der Waals surface area (Å²) >= 11 is 0. The lowest BCUT2D eigenvalue weighted by molar-refractivity contribution is -0.141. The zero-order valence-corrected chi connectivity index (χ0v) is 4.85. The van der Waals surface area contributed by atoms with Crippen LogP contribution in [0.1, 0.15) is 30.7 Å². The van der Waals surface area contributed by atoms with Crippen molar-refractivity contribution in [1.29, 1.82) is 0 Å². The smallest absolute Gasteiger partial charge is 0.306 e. The van der Waals surface area contributed by atoms with Crippen molar-refractivity contribution in [2.24, 2.45) is 5.92 Å². The molecule has 0 amide bonds. The van der Waals surface area contributed by atoms with E-state index in [1.165, 1.54) is 0 Å². The van der Waals surface area contributed by atoms with E-state index in [9.17, 15) is 4.79 Å². The number of carboxylic acids is 1. The Morgan fingerprint density at radius 1 is 2.00 bits per heavy atom. The van der Waals surface area contributed by atoms with E-state index in [0.29, 0.717) is 6.42 Å². The molecule has 0 aromatic rings. The predicted molar refractivity (Wildman–Crippen MR) is 31.7 cm³/mol. The fourth-order valence-corrected chi connectivity index (χ4v) is 0.412. The van der Waals surface area contributed by atoms with Crippen molar-refractivity contribution in [3.8, 4) is 0 Å². The first-order chi connectivity index (χ1) is 4.89. The summed E-state index contributed by atoms with van der Waals surface area (Å²) < 4.78 is 20.6. The van der Waals surface area contributed by atoms with Crippen LogP contribution in [0.4, 0.5) is 0 Å². The van der Waals surface area contributed by atoms with Crippen LogP contribution >= 0.6 is 0 Å². The standard InChI is InChI=1S/C6H12O2/c1-3-4-5(2)6(7)8/h5H,3-4H2,1-2H3,(H,7,8)/t5-/m0/s1/i2D3. The van der Waals surface area contributed by atoms with Crippen molar-refractivity contribution in [3.63, 3.8) is 0 Å².